The summed E-state index contributed by atoms with van der Waals surface area (Å²) in [6, 6.07) is 1.88. The first-order valence-electron chi connectivity index (χ1n) is 4.49. The van der Waals surface area contributed by atoms with Crippen LogP contribution in [0.3, 0.4) is 0 Å². The van der Waals surface area contributed by atoms with E-state index >= 15 is 0 Å². The fourth-order valence-electron chi connectivity index (χ4n) is 1.40. The lowest BCUT2D eigenvalue weighted by atomic mass is 10.2. The van der Waals surface area contributed by atoms with Crippen molar-refractivity contribution in [3.8, 4) is 0 Å². The van der Waals surface area contributed by atoms with Crippen molar-refractivity contribution >= 4 is 22.9 Å². The molecule has 76 valence electrons. The molecule has 1 aliphatic rings. The summed E-state index contributed by atoms with van der Waals surface area (Å²) >= 11 is 1.36. The molecule has 0 spiro atoms. The van der Waals surface area contributed by atoms with Gasteiger partial charge in [0.1, 0.15) is 4.88 Å². The van der Waals surface area contributed by atoms with E-state index in [4.69, 9.17) is 10.5 Å². The SMILES string of the molecule is Nc1ccsc1C(=O)NC1CCOC1. The van der Waals surface area contributed by atoms with Crippen LogP contribution in [0.4, 0.5) is 5.69 Å². The summed E-state index contributed by atoms with van der Waals surface area (Å²) < 4.78 is 5.16. The van der Waals surface area contributed by atoms with Crippen molar-refractivity contribution in [2.75, 3.05) is 18.9 Å². The van der Waals surface area contributed by atoms with Crippen LogP contribution in [0, 0.1) is 0 Å². The Bertz CT molecular complexity index is 331. The molecule has 4 nitrogen and oxygen atoms in total. The van der Waals surface area contributed by atoms with Gasteiger partial charge < -0.3 is 15.8 Å². The molecule has 1 fully saturated rings. The van der Waals surface area contributed by atoms with Crippen molar-refractivity contribution in [2.24, 2.45) is 0 Å². The van der Waals surface area contributed by atoms with Gasteiger partial charge in [-0.3, -0.25) is 4.79 Å². The first-order chi connectivity index (χ1) is 6.77. The highest BCUT2D eigenvalue weighted by molar-refractivity contribution is 7.12. The molecule has 14 heavy (non-hydrogen) atoms. The van der Waals surface area contributed by atoms with Crippen LogP contribution in [0.2, 0.25) is 0 Å². The summed E-state index contributed by atoms with van der Waals surface area (Å²) in [5.74, 6) is -0.0898. The van der Waals surface area contributed by atoms with E-state index in [1.54, 1.807) is 6.07 Å². The third-order valence-corrected chi connectivity index (χ3v) is 3.10. The number of ether oxygens (including phenoxy) is 1. The topological polar surface area (TPSA) is 64.4 Å². The molecule has 1 atom stereocenters. The van der Waals surface area contributed by atoms with E-state index in [2.05, 4.69) is 5.32 Å². The Balaban J connectivity index is 1.98. The van der Waals surface area contributed by atoms with Crippen molar-refractivity contribution < 1.29 is 9.53 Å². The number of amides is 1. The Morgan fingerprint density at radius 2 is 2.57 bits per heavy atom. The number of carbonyl (C=O) groups is 1. The monoisotopic (exact) mass is 212 g/mol. The number of nitrogen functional groups attached to an aromatic ring is 1. The van der Waals surface area contributed by atoms with Gasteiger partial charge in [-0.25, -0.2) is 0 Å². The second-order valence-electron chi connectivity index (χ2n) is 3.24. The molecule has 0 bridgehead atoms. The highest BCUT2D eigenvalue weighted by Gasteiger charge is 2.20. The van der Waals surface area contributed by atoms with Crippen LogP contribution >= 0.6 is 11.3 Å². The van der Waals surface area contributed by atoms with Gasteiger partial charge in [-0.15, -0.1) is 11.3 Å². The second-order valence-corrected chi connectivity index (χ2v) is 4.16. The summed E-state index contributed by atoms with van der Waals surface area (Å²) in [7, 11) is 0. The summed E-state index contributed by atoms with van der Waals surface area (Å²) in [4.78, 5) is 12.2. The van der Waals surface area contributed by atoms with Gasteiger partial charge in [0.2, 0.25) is 0 Å². The van der Waals surface area contributed by atoms with Gasteiger partial charge in [0.05, 0.1) is 18.3 Å². The minimum atomic E-state index is -0.0898. The number of carbonyl (C=O) groups excluding carboxylic acids is 1. The van der Waals surface area contributed by atoms with Crippen LogP contribution < -0.4 is 11.1 Å². The molecule has 1 aromatic rings. The largest absolute Gasteiger partial charge is 0.397 e. The van der Waals surface area contributed by atoms with Gasteiger partial charge in [-0.1, -0.05) is 0 Å². The first-order valence-corrected chi connectivity index (χ1v) is 5.37. The van der Waals surface area contributed by atoms with Crippen LogP contribution in [0.15, 0.2) is 11.4 Å². The lowest BCUT2D eigenvalue weighted by Crippen LogP contribution is -2.34. The summed E-state index contributed by atoms with van der Waals surface area (Å²) in [5.41, 5.74) is 6.18. The molecule has 1 aliphatic heterocycles. The van der Waals surface area contributed by atoms with Crippen LogP contribution in [-0.4, -0.2) is 25.2 Å². The number of hydrogen-bond donors (Lipinski definition) is 2. The van der Waals surface area contributed by atoms with Gasteiger partial charge >= 0.3 is 0 Å². The minimum absolute atomic E-state index is 0.0898. The molecule has 0 aromatic carbocycles. The Labute approximate surface area is 86.1 Å². The smallest absolute Gasteiger partial charge is 0.263 e. The predicted molar refractivity (Wildman–Crippen MR) is 55.4 cm³/mol. The molecule has 3 N–H and O–H groups in total. The average Bonchev–Trinajstić information content (AvgIpc) is 2.75. The zero-order valence-electron chi connectivity index (χ0n) is 7.66. The zero-order chi connectivity index (χ0) is 9.97. The van der Waals surface area contributed by atoms with Gasteiger partial charge in [-0.05, 0) is 17.9 Å². The fourth-order valence-corrected chi connectivity index (χ4v) is 2.12. The molecule has 0 radical (unpaired) electrons. The number of nitrogens with two attached hydrogens (primary N) is 1. The van der Waals surface area contributed by atoms with Crippen LogP contribution in [0.5, 0.6) is 0 Å². The number of nitrogens with one attached hydrogen (secondary N) is 1. The van der Waals surface area contributed by atoms with Crippen molar-refractivity contribution in [3.05, 3.63) is 16.3 Å². The summed E-state index contributed by atoms with van der Waals surface area (Å²) in [6.07, 6.45) is 0.886. The van der Waals surface area contributed by atoms with E-state index in [0.717, 1.165) is 13.0 Å². The van der Waals surface area contributed by atoms with Crippen LogP contribution in [-0.2, 0) is 4.74 Å². The van der Waals surface area contributed by atoms with Crippen molar-refractivity contribution in [1.29, 1.82) is 0 Å². The first kappa shape index (κ1) is 9.48. The number of rotatable bonds is 2. The molecule has 1 saturated heterocycles. The van der Waals surface area contributed by atoms with E-state index in [1.165, 1.54) is 11.3 Å². The quantitative estimate of drug-likeness (QED) is 0.763. The molecule has 1 aromatic heterocycles. The number of anilines is 1. The van der Waals surface area contributed by atoms with Gasteiger partial charge in [-0.2, -0.15) is 0 Å². The van der Waals surface area contributed by atoms with E-state index in [-0.39, 0.29) is 11.9 Å². The maximum atomic E-state index is 11.6. The highest BCUT2D eigenvalue weighted by Crippen LogP contribution is 2.19. The molecule has 0 aliphatic carbocycles. The number of hydrogen-bond acceptors (Lipinski definition) is 4. The molecule has 0 saturated carbocycles. The Kier molecular flexibility index (Phi) is 2.69. The van der Waals surface area contributed by atoms with Crippen molar-refractivity contribution in [2.45, 2.75) is 12.5 Å². The molecular weight excluding hydrogens is 200 g/mol. The summed E-state index contributed by atoms with van der Waals surface area (Å²) in [5, 5.41) is 4.70. The molecular formula is C9H12N2O2S. The molecule has 2 heterocycles. The van der Waals surface area contributed by atoms with Crippen molar-refractivity contribution in [3.63, 3.8) is 0 Å². The second kappa shape index (κ2) is 3.98. The summed E-state index contributed by atoms with van der Waals surface area (Å²) in [6.45, 7) is 1.34. The predicted octanol–water partition coefficient (Wildman–Crippen LogP) is 0.849. The van der Waals surface area contributed by atoms with E-state index < -0.39 is 0 Å². The van der Waals surface area contributed by atoms with Crippen LogP contribution in [0.1, 0.15) is 16.1 Å². The van der Waals surface area contributed by atoms with Gasteiger partial charge in [0.25, 0.3) is 5.91 Å². The molecule has 5 heteroatoms. The molecule has 2 rings (SSSR count). The normalized spacial score (nSPS) is 21.0. The van der Waals surface area contributed by atoms with E-state index in [1.807, 2.05) is 5.38 Å². The zero-order valence-corrected chi connectivity index (χ0v) is 8.47. The minimum Gasteiger partial charge on any atom is -0.397 e. The van der Waals surface area contributed by atoms with Gasteiger partial charge in [0, 0.05) is 6.61 Å². The average molecular weight is 212 g/mol. The molecule has 1 unspecified atom stereocenters. The highest BCUT2D eigenvalue weighted by atomic mass is 32.1. The Morgan fingerprint density at radius 1 is 1.71 bits per heavy atom. The lowest BCUT2D eigenvalue weighted by molar-refractivity contribution is 0.0935. The molecule has 1 amide bonds. The van der Waals surface area contributed by atoms with E-state index in [9.17, 15) is 4.79 Å². The third-order valence-electron chi connectivity index (χ3n) is 2.17. The standard InChI is InChI=1S/C9H12N2O2S/c10-7-2-4-14-8(7)9(12)11-6-1-3-13-5-6/h2,4,6H,1,3,5,10H2,(H,11,12). The number of thiophene rings is 1. The lowest BCUT2D eigenvalue weighted by Gasteiger charge is -2.09. The maximum absolute atomic E-state index is 11.6. The Hall–Kier alpha value is -1.07. The Morgan fingerprint density at radius 3 is 3.14 bits per heavy atom. The van der Waals surface area contributed by atoms with Gasteiger partial charge in [0.15, 0.2) is 0 Å². The van der Waals surface area contributed by atoms with E-state index in [0.29, 0.717) is 17.2 Å². The third kappa shape index (κ3) is 1.88. The fraction of sp³-hybridized carbons (Fsp3) is 0.444. The van der Waals surface area contributed by atoms with Crippen LogP contribution in [0.25, 0.3) is 0 Å². The maximum Gasteiger partial charge on any atom is 0.263 e. The van der Waals surface area contributed by atoms with Crippen molar-refractivity contribution in [1.82, 2.24) is 5.32 Å².